The number of hydrogen-bond acceptors (Lipinski definition) is 2. The molecule has 0 aliphatic rings. The summed E-state index contributed by atoms with van der Waals surface area (Å²) >= 11 is 0. The first-order chi connectivity index (χ1) is 9.93. The summed E-state index contributed by atoms with van der Waals surface area (Å²) in [4.78, 5) is 0. The Morgan fingerprint density at radius 1 is 1.19 bits per heavy atom. The van der Waals surface area contributed by atoms with Crippen LogP contribution in [0.4, 0.5) is 0 Å². The Morgan fingerprint density at radius 3 is 2.43 bits per heavy atom. The molecule has 3 nitrogen and oxygen atoms in total. The number of nitrogens with one attached hydrogen (secondary N) is 1. The molecule has 0 spiro atoms. The quantitative estimate of drug-likeness (QED) is 0.904. The van der Waals surface area contributed by atoms with Crippen LogP contribution in [0.2, 0.25) is 0 Å². The van der Waals surface area contributed by atoms with Crippen molar-refractivity contribution >= 4 is 0 Å². The van der Waals surface area contributed by atoms with E-state index in [-0.39, 0.29) is 0 Å². The molecule has 1 heterocycles. The maximum absolute atomic E-state index is 4.72. The molecule has 1 aromatic carbocycles. The van der Waals surface area contributed by atoms with Gasteiger partial charge in [0.05, 0.1) is 11.4 Å². The van der Waals surface area contributed by atoms with Crippen molar-refractivity contribution in [2.24, 2.45) is 0 Å². The summed E-state index contributed by atoms with van der Waals surface area (Å²) < 4.78 is 2.09. The van der Waals surface area contributed by atoms with E-state index in [1.165, 1.54) is 28.1 Å². The van der Waals surface area contributed by atoms with Gasteiger partial charge in [0.25, 0.3) is 0 Å². The summed E-state index contributed by atoms with van der Waals surface area (Å²) in [5.41, 5.74) is 7.53. The zero-order chi connectivity index (χ0) is 15.6. The van der Waals surface area contributed by atoms with Crippen molar-refractivity contribution in [2.75, 3.05) is 0 Å². The van der Waals surface area contributed by atoms with Gasteiger partial charge >= 0.3 is 0 Å². The minimum absolute atomic E-state index is 0.508. The fourth-order valence-corrected chi connectivity index (χ4v) is 2.81. The highest BCUT2D eigenvalue weighted by molar-refractivity contribution is 5.45. The molecule has 0 radical (unpaired) electrons. The maximum atomic E-state index is 4.72. The second-order valence-electron chi connectivity index (χ2n) is 6.07. The zero-order valence-electron chi connectivity index (χ0n) is 14.1. The van der Waals surface area contributed by atoms with Gasteiger partial charge in [-0.05, 0) is 49.9 Å². The average molecular weight is 285 g/mol. The normalized spacial score (nSPS) is 11.4. The number of nitrogens with zero attached hydrogens (tertiary/aromatic N) is 2. The molecule has 1 aromatic heterocycles. The first-order valence-corrected chi connectivity index (χ1v) is 7.82. The molecular formula is C18H27N3. The molecule has 0 unspecified atom stereocenters. The largest absolute Gasteiger partial charge is 0.310 e. The fraction of sp³-hybridized carbons (Fsp3) is 0.500. The fourth-order valence-electron chi connectivity index (χ4n) is 2.81. The highest BCUT2D eigenvalue weighted by Crippen LogP contribution is 2.21. The topological polar surface area (TPSA) is 29.9 Å². The van der Waals surface area contributed by atoms with Gasteiger partial charge in [-0.1, -0.05) is 32.9 Å². The highest BCUT2D eigenvalue weighted by atomic mass is 15.3. The second kappa shape index (κ2) is 6.44. The zero-order valence-corrected chi connectivity index (χ0v) is 14.1. The van der Waals surface area contributed by atoms with Gasteiger partial charge in [0, 0.05) is 18.3 Å². The molecule has 2 rings (SSSR count). The summed E-state index contributed by atoms with van der Waals surface area (Å²) in [6.45, 7) is 13.9. The standard InChI is InChI=1S/C18H27N3/c1-7-17-14(5)20-21(15(17)6)18-9-8-16(10-13(18)4)11-19-12(2)3/h8-10,12,19H,7,11H2,1-6H3. The summed E-state index contributed by atoms with van der Waals surface area (Å²) in [5.74, 6) is 0. The molecule has 3 heteroatoms. The predicted octanol–water partition coefficient (Wildman–Crippen LogP) is 3.86. The molecule has 0 atom stereocenters. The summed E-state index contributed by atoms with van der Waals surface area (Å²) in [6, 6.07) is 7.14. The van der Waals surface area contributed by atoms with Gasteiger partial charge in [0.2, 0.25) is 0 Å². The molecule has 0 bridgehead atoms. The molecule has 0 saturated heterocycles. The minimum Gasteiger partial charge on any atom is -0.310 e. The monoisotopic (exact) mass is 285 g/mol. The summed E-state index contributed by atoms with van der Waals surface area (Å²) in [6.07, 6.45) is 1.03. The van der Waals surface area contributed by atoms with Gasteiger partial charge in [-0.15, -0.1) is 0 Å². The van der Waals surface area contributed by atoms with E-state index in [2.05, 4.69) is 69.7 Å². The van der Waals surface area contributed by atoms with Crippen molar-refractivity contribution in [2.45, 2.75) is 60.5 Å². The first kappa shape index (κ1) is 15.8. The van der Waals surface area contributed by atoms with E-state index in [0.717, 1.165) is 18.7 Å². The van der Waals surface area contributed by atoms with E-state index in [4.69, 9.17) is 5.10 Å². The lowest BCUT2D eigenvalue weighted by Gasteiger charge is -2.12. The molecule has 2 aromatic rings. The van der Waals surface area contributed by atoms with Crippen molar-refractivity contribution < 1.29 is 0 Å². The number of rotatable bonds is 5. The Hall–Kier alpha value is -1.61. The second-order valence-corrected chi connectivity index (χ2v) is 6.07. The third-order valence-electron chi connectivity index (χ3n) is 4.00. The number of aryl methyl sites for hydroxylation is 2. The maximum Gasteiger partial charge on any atom is 0.0678 e. The number of benzene rings is 1. The van der Waals surface area contributed by atoms with E-state index in [9.17, 15) is 0 Å². The van der Waals surface area contributed by atoms with Crippen LogP contribution in [0.25, 0.3) is 5.69 Å². The first-order valence-electron chi connectivity index (χ1n) is 7.82. The highest BCUT2D eigenvalue weighted by Gasteiger charge is 2.12. The molecule has 21 heavy (non-hydrogen) atoms. The molecule has 0 aliphatic heterocycles. The molecule has 114 valence electrons. The van der Waals surface area contributed by atoms with Gasteiger partial charge in [-0.2, -0.15) is 5.10 Å². The Kier molecular flexibility index (Phi) is 4.84. The molecule has 1 N–H and O–H groups in total. The van der Waals surface area contributed by atoms with Crippen LogP contribution >= 0.6 is 0 Å². The van der Waals surface area contributed by atoms with Crippen molar-refractivity contribution in [3.63, 3.8) is 0 Å². The van der Waals surface area contributed by atoms with E-state index in [1.54, 1.807) is 0 Å². The van der Waals surface area contributed by atoms with Crippen LogP contribution in [0, 0.1) is 20.8 Å². The van der Waals surface area contributed by atoms with Gasteiger partial charge in [0.15, 0.2) is 0 Å². The smallest absolute Gasteiger partial charge is 0.0678 e. The van der Waals surface area contributed by atoms with Crippen molar-refractivity contribution in [3.8, 4) is 5.69 Å². The van der Waals surface area contributed by atoms with Crippen LogP contribution in [-0.2, 0) is 13.0 Å². The third kappa shape index (κ3) is 3.35. The SMILES string of the molecule is CCc1c(C)nn(-c2ccc(CNC(C)C)cc2C)c1C. The van der Waals surface area contributed by atoms with Crippen LogP contribution in [0.3, 0.4) is 0 Å². The van der Waals surface area contributed by atoms with Crippen molar-refractivity contribution in [1.29, 1.82) is 0 Å². The molecule has 0 amide bonds. The van der Waals surface area contributed by atoms with Gasteiger partial charge in [0.1, 0.15) is 0 Å². The van der Waals surface area contributed by atoms with Crippen LogP contribution < -0.4 is 5.32 Å². The van der Waals surface area contributed by atoms with Gasteiger partial charge in [-0.3, -0.25) is 0 Å². The van der Waals surface area contributed by atoms with Crippen LogP contribution in [-0.4, -0.2) is 15.8 Å². The average Bonchev–Trinajstić information content (AvgIpc) is 2.71. The Bertz CT molecular complexity index is 624. The third-order valence-corrected chi connectivity index (χ3v) is 4.00. The van der Waals surface area contributed by atoms with Crippen molar-refractivity contribution in [3.05, 3.63) is 46.3 Å². The van der Waals surface area contributed by atoms with Crippen LogP contribution in [0.1, 0.15) is 48.8 Å². The molecule has 0 aliphatic carbocycles. The lowest BCUT2D eigenvalue weighted by molar-refractivity contribution is 0.588. The van der Waals surface area contributed by atoms with E-state index >= 15 is 0 Å². The van der Waals surface area contributed by atoms with Crippen molar-refractivity contribution in [1.82, 2.24) is 15.1 Å². The number of hydrogen-bond donors (Lipinski definition) is 1. The van der Waals surface area contributed by atoms with Crippen LogP contribution in [0.5, 0.6) is 0 Å². The molecule has 0 fully saturated rings. The Balaban J connectivity index is 2.33. The lowest BCUT2D eigenvalue weighted by atomic mass is 10.1. The predicted molar refractivity (Wildman–Crippen MR) is 89.1 cm³/mol. The van der Waals surface area contributed by atoms with Crippen LogP contribution in [0.15, 0.2) is 18.2 Å². The van der Waals surface area contributed by atoms with Gasteiger partial charge in [-0.25, -0.2) is 4.68 Å². The van der Waals surface area contributed by atoms with Gasteiger partial charge < -0.3 is 5.32 Å². The molecule has 0 saturated carbocycles. The Morgan fingerprint density at radius 2 is 1.90 bits per heavy atom. The number of aromatic nitrogens is 2. The van der Waals surface area contributed by atoms with E-state index in [0.29, 0.717) is 6.04 Å². The minimum atomic E-state index is 0.508. The Labute approximate surface area is 128 Å². The van der Waals surface area contributed by atoms with E-state index in [1.807, 2.05) is 0 Å². The molecular weight excluding hydrogens is 258 g/mol. The summed E-state index contributed by atoms with van der Waals surface area (Å²) in [5, 5.41) is 8.18. The van der Waals surface area contributed by atoms with E-state index < -0.39 is 0 Å². The summed E-state index contributed by atoms with van der Waals surface area (Å²) in [7, 11) is 0. The lowest BCUT2D eigenvalue weighted by Crippen LogP contribution is -2.21.